The van der Waals surface area contributed by atoms with Crippen molar-refractivity contribution < 1.29 is 9.90 Å². The Hall–Kier alpha value is -1.10. The van der Waals surface area contributed by atoms with Gasteiger partial charge in [-0.2, -0.15) is 0 Å². The summed E-state index contributed by atoms with van der Waals surface area (Å²) in [4.78, 5) is 17.7. The number of aliphatic hydroxyl groups is 1. The first-order chi connectivity index (χ1) is 7.49. The molecule has 1 aliphatic rings. The van der Waals surface area contributed by atoms with Gasteiger partial charge in [-0.3, -0.25) is 9.79 Å². The minimum atomic E-state index is -0.561. The van der Waals surface area contributed by atoms with Crippen LogP contribution >= 0.6 is 0 Å². The monoisotopic (exact) mass is 227 g/mol. The van der Waals surface area contributed by atoms with Gasteiger partial charge in [0.2, 0.25) is 5.91 Å². The molecule has 0 aromatic carbocycles. The number of nitrogens with zero attached hydrogens (tertiary/aromatic N) is 2. The smallest absolute Gasteiger partial charge is 0.225 e. The number of carbonyl (C=O) groups excluding carboxylic acids is 1. The molecular formula is C11H21N3O2. The van der Waals surface area contributed by atoms with Crippen LogP contribution in [0.2, 0.25) is 0 Å². The Morgan fingerprint density at radius 2 is 2.12 bits per heavy atom. The number of hydrogen-bond donors (Lipinski definition) is 2. The Bertz CT molecular complexity index is 264. The zero-order valence-corrected chi connectivity index (χ0v) is 10.0. The fourth-order valence-electron chi connectivity index (χ4n) is 1.91. The van der Waals surface area contributed by atoms with Crippen molar-refractivity contribution in [3.05, 3.63) is 0 Å². The highest BCUT2D eigenvalue weighted by molar-refractivity contribution is 5.78. The molecule has 1 atom stereocenters. The van der Waals surface area contributed by atoms with Gasteiger partial charge in [0.25, 0.3) is 0 Å². The lowest BCUT2D eigenvalue weighted by Gasteiger charge is -2.30. The van der Waals surface area contributed by atoms with Gasteiger partial charge in [-0.05, 0) is 26.7 Å². The van der Waals surface area contributed by atoms with Crippen LogP contribution in [-0.4, -0.2) is 47.0 Å². The third-order valence-corrected chi connectivity index (χ3v) is 2.67. The maximum absolute atomic E-state index is 11.6. The summed E-state index contributed by atoms with van der Waals surface area (Å²) >= 11 is 0. The largest absolute Gasteiger partial charge is 0.393 e. The lowest BCUT2D eigenvalue weighted by molar-refractivity contribution is -0.134. The predicted octanol–water partition coefficient (Wildman–Crippen LogP) is 0.125. The van der Waals surface area contributed by atoms with E-state index in [0.29, 0.717) is 18.9 Å². The highest BCUT2D eigenvalue weighted by Gasteiger charge is 2.22. The van der Waals surface area contributed by atoms with Crippen molar-refractivity contribution >= 4 is 11.7 Å². The Balaban J connectivity index is 2.37. The van der Waals surface area contributed by atoms with Crippen LogP contribution in [0.3, 0.4) is 0 Å². The summed E-state index contributed by atoms with van der Waals surface area (Å²) in [7, 11) is 0. The van der Waals surface area contributed by atoms with Gasteiger partial charge in [0.1, 0.15) is 0 Å². The van der Waals surface area contributed by atoms with Crippen LogP contribution in [0.1, 0.15) is 33.1 Å². The topological polar surface area (TPSA) is 78.9 Å². The molecule has 1 rings (SSSR count). The zero-order chi connectivity index (χ0) is 12.1. The predicted molar refractivity (Wildman–Crippen MR) is 63.2 cm³/mol. The van der Waals surface area contributed by atoms with Gasteiger partial charge in [0, 0.05) is 13.1 Å². The summed E-state index contributed by atoms with van der Waals surface area (Å²) in [5.41, 5.74) is 5.52. The van der Waals surface area contributed by atoms with Gasteiger partial charge >= 0.3 is 0 Å². The summed E-state index contributed by atoms with van der Waals surface area (Å²) in [5.74, 6) is 0.635. The molecular weight excluding hydrogens is 206 g/mol. The van der Waals surface area contributed by atoms with Crippen LogP contribution in [0.25, 0.3) is 0 Å². The molecule has 1 unspecified atom stereocenters. The van der Waals surface area contributed by atoms with E-state index in [4.69, 9.17) is 10.8 Å². The molecule has 1 saturated heterocycles. The molecule has 1 heterocycles. The van der Waals surface area contributed by atoms with E-state index in [2.05, 4.69) is 4.99 Å². The highest BCUT2D eigenvalue weighted by Crippen LogP contribution is 2.14. The van der Waals surface area contributed by atoms with Gasteiger partial charge in [-0.15, -0.1) is 0 Å². The van der Waals surface area contributed by atoms with Crippen molar-refractivity contribution in [3.63, 3.8) is 0 Å². The average molecular weight is 227 g/mol. The van der Waals surface area contributed by atoms with E-state index in [1.165, 1.54) is 0 Å². The van der Waals surface area contributed by atoms with Crippen LogP contribution in [-0.2, 0) is 4.79 Å². The van der Waals surface area contributed by atoms with E-state index in [0.717, 1.165) is 12.8 Å². The maximum Gasteiger partial charge on any atom is 0.225 e. The quantitative estimate of drug-likeness (QED) is 0.531. The summed E-state index contributed by atoms with van der Waals surface area (Å²) in [6, 6.07) is 0.251. The number of nitrogens with two attached hydrogens (primary N) is 1. The van der Waals surface area contributed by atoms with E-state index in [1.54, 1.807) is 18.7 Å². The van der Waals surface area contributed by atoms with Crippen molar-refractivity contribution in [2.24, 2.45) is 10.7 Å². The molecule has 0 aliphatic carbocycles. The minimum absolute atomic E-state index is 0.0295. The van der Waals surface area contributed by atoms with Crippen LogP contribution in [0, 0.1) is 0 Å². The molecule has 5 heteroatoms. The molecule has 0 aromatic heterocycles. The number of amides is 1. The molecule has 1 amide bonds. The number of amidine groups is 1. The molecule has 16 heavy (non-hydrogen) atoms. The normalized spacial score (nSPS) is 20.9. The second kappa shape index (κ2) is 5.84. The zero-order valence-electron chi connectivity index (χ0n) is 10.0. The van der Waals surface area contributed by atoms with Gasteiger partial charge in [-0.1, -0.05) is 0 Å². The van der Waals surface area contributed by atoms with E-state index in [-0.39, 0.29) is 18.4 Å². The standard InChI is InChI=1S/C11H21N3O2/c1-8(15)7-11(16)14-5-3-10(4-6-14)13-9(2)12/h8,10,15H,3-7H2,1-2H3,(H2,12,13). The molecule has 0 spiro atoms. The summed E-state index contributed by atoms with van der Waals surface area (Å²) in [6.07, 6.45) is 1.37. The number of piperidine rings is 1. The molecule has 1 fully saturated rings. The molecule has 92 valence electrons. The van der Waals surface area contributed by atoms with Gasteiger partial charge < -0.3 is 15.7 Å². The Labute approximate surface area is 96.3 Å². The summed E-state index contributed by atoms with van der Waals surface area (Å²) in [6.45, 7) is 4.84. The molecule has 0 bridgehead atoms. The van der Waals surface area contributed by atoms with E-state index >= 15 is 0 Å². The molecule has 0 radical (unpaired) electrons. The van der Waals surface area contributed by atoms with Crippen molar-refractivity contribution in [2.75, 3.05) is 13.1 Å². The fourth-order valence-corrected chi connectivity index (χ4v) is 1.91. The first-order valence-corrected chi connectivity index (χ1v) is 5.74. The average Bonchev–Trinajstić information content (AvgIpc) is 2.16. The SMILES string of the molecule is CC(N)=NC1CCN(C(=O)CC(C)O)CC1. The van der Waals surface area contributed by atoms with Crippen LogP contribution in [0.5, 0.6) is 0 Å². The van der Waals surface area contributed by atoms with E-state index in [1.807, 2.05) is 0 Å². The molecule has 0 saturated carbocycles. The number of hydrogen-bond acceptors (Lipinski definition) is 3. The van der Waals surface area contributed by atoms with Crippen molar-refractivity contribution in [2.45, 2.75) is 45.3 Å². The Morgan fingerprint density at radius 1 is 1.56 bits per heavy atom. The lowest BCUT2D eigenvalue weighted by atomic mass is 10.0. The third-order valence-electron chi connectivity index (χ3n) is 2.67. The van der Waals surface area contributed by atoms with Crippen LogP contribution < -0.4 is 5.73 Å². The first kappa shape index (κ1) is 13.0. The van der Waals surface area contributed by atoms with Crippen LogP contribution in [0.4, 0.5) is 0 Å². The van der Waals surface area contributed by atoms with Crippen molar-refractivity contribution in [3.8, 4) is 0 Å². The van der Waals surface area contributed by atoms with E-state index in [9.17, 15) is 4.79 Å². The van der Waals surface area contributed by atoms with Gasteiger partial charge in [0.05, 0.1) is 24.4 Å². The second-order valence-electron chi connectivity index (χ2n) is 4.44. The summed E-state index contributed by atoms with van der Waals surface area (Å²) < 4.78 is 0. The molecule has 3 N–H and O–H groups in total. The number of rotatable bonds is 3. The minimum Gasteiger partial charge on any atom is -0.393 e. The second-order valence-corrected chi connectivity index (χ2v) is 4.44. The molecule has 0 aromatic rings. The number of aliphatic hydroxyl groups excluding tert-OH is 1. The van der Waals surface area contributed by atoms with Crippen molar-refractivity contribution in [1.29, 1.82) is 0 Å². The molecule has 5 nitrogen and oxygen atoms in total. The molecule has 1 aliphatic heterocycles. The third kappa shape index (κ3) is 4.18. The van der Waals surface area contributed by atoms with Gasteiger partial charge in [0.15, 0.2) is 0 Å². The van der Waals surface area contributed by atoms with Gasteiger partial charge in [-0.25, -0.2) is 0 Å². The lowest BCUT2D eigenvalue weighted by Crippen LogP contribution is -2.41. The van der Waals surface area contributed by atoms with Crippen molar-refractivity contribution in [1.82, 2.24) is 4.90 Å². The maximum atomic E-state index is 11.6. The van der Waals surface area contributed by atoms with Crippen LogP contribution in [0.15, 0.2) is 4.99 Å². The summed E-state index contributed by atoms with van der Waals surface area (Å²) in [5, 5.41) is 9.14. The Morgan fingerprint density at radius 3 is 2.56 bits per heavy atom. The highest BCUT2D eigenvalue weighted by atomic mass is 16.3. The fraction of sp³-hybridized carbons (Fsp3) is 0.818. The number of likely N-dealkylation sites (tertiary alicyclic amines) is 1. The number of carbonyl (C=O) groups is 1. The first-order valence-electron chi connectivity index (χ1n) is 5.74. The number of aliphatic imine (C=N–C) groups is 1. The van der Waals surface area contributed by atoms with E-state index < -0.39 is 6.10 Å². The Kier molecular flexibility index (Phi) is 4.73.